The number of carbonyl (C=O) groups is 1. The van der Waals surface area contributed by atoms with Crippen LogP contribution in [0.3, 0.4) is 0 Å². The third-order valence-corrected chi connectivity index (χ3v) is 5.96. The molecular weight excluding hydrogens is 362 g/mol. The van der Waals surface area contributed by atoms with Gasteiger partial charge >= 0.3 is 6.03 Å². The largest absolute Gasteiger partial charge is 0.370 e. The van der Waals surface area contributed by atoms with Gasteiger partial charge in [0.25, 0.3) is 0 Å². The average molecular weight is 390 g/mol. The standard InChI is InChI=1S/C23H27N5O/c1-17-5-4-13-28(17)22-12-14-27(16-22)21-10-8-18(9-11-21)25-23(29)26-20-7-3-6-19(15-20)24-2/h3,6-11,15,17,22H,4-5,12-14,16H2,1H3,(H2,25,26,29). The number of likely N-dealkylation sites (tertiary alicyclic amines) is 1. The number of nitrogens with one attached hydrogen (secondary N) is 2. The Hall–Kier alpha value is -3.04. The molecule has 2 unspecified atom stereocenters. The van der Waals surface area contributed by atoms with E-state index in [1.807, 2.05) is 12.1 Å². The summed E-state index contributed by atoms with van der Waals surface area (Å²) in [6.45, 7) is 12.8. The third-order valence-electron chi connectivity index (χ3n) is 5.96. The zero-order chi connectivity index (χ0) is 20.2. The molecule has 2 heterocycles. The van der Waals surface area contributed by atoms with Gasteiger partial charge in [0, 0.05) is 42.2 Å². The normalized spacial score (nSPS) is 21.7. The van der Waals surface area contributed by atoms with Crippen LogP contribution in [0.5, 0.6) is 0 Å². The molecule has 0 bridgehead atoms. The van der Waals surface area contributed by atoms with Crippen LogP contribution in [0.4, 0.5) is 27.5 Å². The lowest BCUT2D eigenvalue weighted by Crippen LogP contribution is -2.39. The van der Waals surface area contributed by atoms with Gasteiger partial charge in [0.05, 0.1) is 6.57 Å². The fourth-order valence-electron chi connectivity index (χ4n) is 4.45. The molecule has 0 aromatic heterocycles. The van der Waals surface area contributed by atoms with Gasteiger partial charge < -0.3 is 15.5 Å². The van der Waals surface area contributed by atoms with Crippen LogP contribution in [0.2, 0.25) is 0 Å². The van der Waals surface area contributed by atoms with E-state index in [4.69, 9.17) is 6.57 Å². The van der Waals surface area contributed by atoms with Crippen LogP contribution in [0.25, 0.3) is 4.85 Å². The second kappa shape index (κ2) is 8.54. The highest BCUT2D eigenvalue weighted by Gasteiger charge is 2.32. The summed E-state index contributed by atoms with van der Waals surface area (Å²) in [5.74, 6) is 0. The van der Waals surface area contributed by atoms with Crippen molar-refractivity contribution in [3.8, 4) is 0 Å². The van der Waals surface area contributed by atoms with Crippen molar-refractivity contribution in [1.29, 1.82) is 0 Å². The fraction of sp³-hybridized carbons (Fsp3) is 0.391. The Balaban J connectivity index is 1.32. The number of nitrogens with zero attached hydrogens (tertiary/aromatic N) is 3. The topological polar surface area (TPSA) is 52.0 Å². The van der Waals surface area contributed by atoms with E-state index in [0.29, 0.717) is 23.5 Å². The molecule has 2 saturated heterocycles. The van der Waals surface area contributed by atoms with Gasteiger partial charge in [0.1, 0.15) is 0 Å². The van der Waals surface area contributed by atoms with Gasteiger partial charge in [0.2, 0.25) is 0 Å². The minimum Gasteiger partial charge on any atom is -0.370 e. The summed E-state index contributed by atoms with van der Waals surface area (Å²) in [6, 6.07) is 16.0. The first-order chi connectivity index (χ1) is 14.1. The van der Waals surface area contributed by atoms with Gasteiger partial charge in [-0.25, -0.2) is 9.64 Å². The SMILES string of the molecule is [C-]#[N+]c1cccc(NC(=O)Nc2ccc(N3CCC(N4CCCC4C)C3)cc2)c1. The summed E-state index contributed by atoms with van der Waals surface area (Å²) >= 11 is 0. The van der Waals surface area contributed by atoms with E-state index in [1.165, 1.54) is 31.5 Å². The van der Waals surface area contributed by atoms with Gasteiger partial charge in [-0.05, 0) is 69.1 Å². The molecule has 2 aliphatic heterocycles. The Kier molecular flexibility index (Phi) is 5.68. The Morgan fingerprint density at radius 1 is 1.07 bits per heavy atom. The third kappa shape index (κ3) is 4.52. The van der Waals surface area contributed by atoms with Crippen molar-refractivity contribution in [2.75, 3.05) is 35.2 Å². The quantitative estimate of drug-likeness (QED) is 0.728. The predicted octanol–water partition coefficient (Wildman–Crippen LogP) is 4.94. The summed E-state index contributed by atoms with van der Waals surface area (Å²) in [4.78, 5) is 20.7. The van der Waals surface area contributed by atoms with Gasteiger partial charge in [-0.15, -0.1) is 0 Å². The molecule has 6 nitrogen and oxygen atoms in total. The molecule has 0 radical (unpaired) electrons. The molecule has 6 heteroatoms. The molecular formula is C23H27N5O. The highest BCUT2D eigenvalue weighted by molar-refractivity contribution is 6.00. The van der Waals surface area contributed by atoms with Gasteiger partial charge in [-0.3, -0.25) is 4.90 Å². The van der Waals surface area contributed by atoms with E-state index >= 15 is 0 Å². The molecule has 2 atom stereocenters. The molecule has 29 heavy (non-hydrogen) atoms. The van der Waals surface area contributed by atoms with E-state index in [2.05, 4.69) is 44.3 Å². The van der Waals surface area contributed by atoms with Crippen LogP contribution >= 0.6 is 0 Å². The van der Waals surface area contributed by atoms with E-state index in [0.717, 1.165) is 18.8 Å². The fourth-order valence-corrected chi connectivity index (χ4v) is 4.45. The number of amides is 2. The van der Waals surface area contributed by atoms with Gasteiger partial charge in [0.15, 0.2) is 5.69 Å². The summed E-state index contributed by atoms with van der Waals surface area (Å²) < 4.78 is 0. The van der Waals surface area contributed by atoms with E-state index in [1.54, 1.807) is 24.3 Å². The zero-order valence-electron chi connectivity index (χ0n) is 16.8. The average Bonchev–Trinajstić information content (AvgIpc) is 3.37. The predicted molar refractivity (Wildman–Crippen MR) is 118 cm³/mol. The molecule has 0 spiro atoms. The summed E-state index contributed by atoms with van der Waals surface area (Å²) in [5.41, 5.74) is 3.05. The second-order valence-electron chi connectivity index (χ2n) is 7.91. The van der Waals surface area contributed by atoms with Crippen LogP contribution in [0, 0.1) is 6.57 Å². The van der Waals surface area contributed by atoms with Crippen molar-refractivity contribution < 1.29 is 4.79 Å². The van der Waals surface area contributed by atoms with Gasteiger partial charge in [-0.1, -0.05) is 12.1 Å². The maximum absolute atomic E-state index is 12.2. The lowest BCUT2D eigenvalue weighted by molar-refractivity contribution is 0.204. The molecule has 0 saturated carbocycles. The number of rotatable bonds is 4. The molecule has 2 fully saturated rings. The Bertz CT molecular complexity index is 904. The number of urea groups is 1. The van der Waals surface area contributed by atoms with Crippen molar-refractivity contribution in [2.24, 2.45) is 0 Å². The Morgan fingerprint density at radius 3 is 2.59 bits per heavy atom. The lowest BCUT2D eigenvalue weighted by Gasteiger charge is -2.28. The summed E-state index contributed by atoms with van der Waals surface area (Å²) in [5, 5.41) is 5.62. The van der Waals surface area contributed by atoms with Gasteiger partial charge in [-0.2, -0.15) is 0 Å². The first kappa shape index (κ1) is 19.3. The molecule has 2 N–H and O–H groups in total. The number of anilines is 3. The molecule has 2 amide bonds. The van der Waals surface area contributed by atoms with Crippen molar-refractivity contribution in [1.82, 2.24) is 4.90 Å². The molecule has 150 valence electrons. The van der Waals surface area contributed by atoms with Crippen molar-refractivity contribution >= 4 is 28.8 Å². The minimum absolute atomic E-state index is 0.316. The second-order valence-corrected chi connectivity index (χ2v) is 7.91. The highest BCUT2D eigenvalue weighted by Crippen LogP contribution is 2.28. The monoisotopic (exact) mass is 389 g/mol. The van der Waals surface area contributed by atoms with Crippen LogP contribution in [0.15, 0.2) is 48.5 Å². The van der Waals surface area contributed by atoms with Crippen molar-refractivity contribution in [3.63, 3.8) is 0 Å². The van der Waals surface area contributed by atoms with Crippen LogP contribution in [0.1, 0.15) is 26.2 Å². The molecule has 2 aromatic carbocycles. The van der Waals surface area contributed by atoms with Crippen LogP contribution in [-0.4, -0.2) is 42.6 Å². The first-order valence-electron chi connectivity index (χ1n) is 10.3. The zero-order valence-corrected chi connectivity index (χ0v) is 16.8. The number of hydrogen-bond acceptors (Lipinski definition) is 3. The number of hydrogen-bond donors (Lipinski definition) is 2. The summed E-state index contributed by atoms with van der Waals surface area (Å²) in [7, 11) is 0. The minimum atomic E-state index is -0.316. The van der Waals surface area contributed by atoms with Crippen molar-refractivity contribution in [2.45, 2.75) is 38.3 Å². The Labute approximate surface area is 172 Å². The molecule has 2 aromatic rings. The number of carbonyl (C=O) groups excluding carboxylic acids is 1. The van der Waals surface area contributed by atoms with Crippen LogP contribution < -0.4 is 15.5 Å². The van der Waals surface area contributed by atoms with Crippen LogP contribution in [-0.2, 0) is 0 Å². The molecule has 2 aliphatic rings. The molecule has 4 rings (SSSR count). The maximum Gasteiger partial charge on any atom is 0.323 e. The Morgan fingerprint density at radius 2 is 1.86 bits per heavy atom. The maximum atomic E-state index is 12.2. The number of benzene rings is 2. The molecule has 0 aliphatic carbocycles. The van der Waals surface area contributed by atoms with E-state index < -0.39 is 0 Å². The lowest BCUT2D eigenvalue weighted by atomic mass is 10.2. The van der Waals surface area contributed by atoms with E-state index in [9.17, 15) is 4.79 Å². The van der Waals surface area contributed by atoms with E-state index in [-0.39, 0.29) is 6.03 Å². The summed E-state index contributed by atoms with van der Waals surface area (Å²) in [6.07, 6.45) is 3.86. The van der Waals surface area contributed by atoms with Crippen molar-refractivity contribution in [3.05, 3.63) is 59.9 Å². The smallest absolute Gasteiger partial charge is 0.323 e. The first-order valence-corrected chi connectivity index (χ1v) is 10.3. The highest BCUT2D eigenvalue weighted by atomic mass is 16.2.